The fraction of sp³-hybridized carbons (Fsp3) is 0.692. The van der Waals surface area contributed by atoms with Crippen molar-refractivity contribution in [2.24, 2.45) is 11.8 Å². The highest BCUT2D eigenvalue weighted by molar-refractivity contribution is 5.76. The van der Waals surface area contributed by atoms with Crippen molar-refractivity contribution in [3.63, 3.8) is 0 Å². The molecule has 18 heavy (non-hydrogen) atoms. The fourth-order valence-corrected chi connectivity index (χ4v) is 2.03. The molecule has 1 unspecified atom stereocenters. The number of nitrogens with zero attached hydrogens (tertiary/aromatic N) is 2. The first kappa shape index (κ1) is 14.5. The van der Waals surface area contributed by atoms with E-state index in [1.807, 2.05) is 13.8 Å². The van der Waals surface area contributed by atoms with Crippen molar-refractivity contribution >= 4 is 12.0 Å². The third kappa shape index (κ3) is 3.24. The lowest BCUT2D eigenvalue weighted by molar-refractivity contribution is -0.144. The first-order chi connectivity index (χ1) is 8.36. The Balaban J connectivity index is 2.47. The molecule has 0 radical (unpaired) electrons. The maximum absolute atomic E-state index is 12.1. The lowest BCUT2D eigenvalue weighted by Crippen LogP contribution is -2.57. The first-order valence-electron chi connectivity index (χ1n) is 6.27. The third-order valence-electron chi connectivity index (χ3n) is 3.39. The molecule has 0 aromatic heterocycles. The SMILES string of the molecule is C=C(C)CN(CC)C(=O)N1CC(C(C)C(=O)O)C1. The summed E-state index contributed by atoms with van der Waals surface area (Å²) in [5, 5.41) is 8.89. The molecule has 0 spiro atoms. The number of rotatable bonds is 5. The van der Waals surface area contributed by atoms with Crippen molar-refractivity contribution in [3.8, 4) is 0 Å². The molecule has 0 saturated carbocycles. The number of likely N-dealkylation sites (N-methyl/N-ethyl adjacent to an activating group) is 1. The molecule has 1 heterocycles. The molecule has 1 N–H and O–H groups in total. The van der Waals surface area contributed by atoms with Crippen LogP contribution in [0.2, 0.25) is 0 Å². The number of carboxylic acid groups (broad SMARTS) is 1. The van der Waals surface area contributed by atoms with Crippen molar-refractivity contribution in [3.05, 3.63) is 12.2 Å². The lowest BCUT2D eigenvalue weighted by atomic mass is 9.87. The van der Waals surface area contributed by atoms with Gasteiger partial charge in [0.1, 0.15) is 0 Å². The van der Waals surface area contributed by atoms with E-state index in [0.717, 1.165) is 5.57 Å². The monoisotopic (exact) mass is 254 g/mol. The zero-order valence-corrected chi connectivity index (χ0v) is 11.3. The summed E-state index contributed by atoms with van der Waals surface area (Å²) < 4.78 is 0. The number of carbonyl (C=O) groups is 2. The molecule has 0 bridgehead atoms. The number of carbonyl (C=O) groups excluding carboxylic acids is 1. The van der Waals surface area contributed by atoms with Gasteiger partial charge < -0.3 is 14.9 Å². The molecule has 5 nitrogen and oxygen atoms in total. The van der Waals surface area contributed by atoms with Gasteiger partial charge in [0.2, 0.25) is 0 Å². The predicted octanol–water partition coefficient (Wildman–Crippen LogP) is 1.66. The number of hydrogen-bond donors (Lipinski definition) is 1. The summed E-state index contributed by atoms with van der Waals surface area (Å²) in [6.07, 6.45) is 0. The van der Waals surface area contributed by atoms with E-state index in [4.69, 9.17) is 5.11 Å². The predicted molar refractivity (Wildman–Crippen MR) is 69.3 cm³/mol. The minimum Gasteiger partial charge on any atom is -0.481 e. The second kappa shape index (κ2) is 5.89. The number of hydrogen-bond acceptors (Lipinski definition) is 2. The molecule has 102 valence electrons. The molecule has 5 heteroatoms. The van der Waals surface area contributed by atoms with Crippen LogP contribution < -0.4 is 0 Å². The molecule has 0 aliphatic carbocycles. The summed E-state index contributed by atoms with van der Waals surface area (Å²) >= 11 is 0. The molecular formula is C13H22N2O3. The van der Waals surface area contributed by atoms with Crippen LogP contribution in [0.5, 0.6) is 0 Å². The van der Waals surface area contributed by atoms with Crippen LogP contribution in [0, 0.1) is 11.8 Å². The van der Waals surface area contributed by atoms with Gasteiger partial charge in [0.05, 0.1) is 5.92 Å². The quantitative estimate of drug-likeness (QED) is 0.759. The zero-order chi connectivity index (χ0) is 13.9. The Morgan fingerprint density at radius 3 is 2.44 bits per heavy atom. The average Bonchev–Trinajstić information content (AvgIpc) is 2.22. The normalized spacial score (nSPS) is 16.9. The third-order valence-corrected chi connectivity index (χ3v) is 3.39. The number of carboxylic acids is 1. The van der Waals surface area contributed by atoms with E-state index in [0.29, 0.717) is 26.2 Å². The average molecular weight is 254 g/mol. The van der Waals surface area contributed by atoms with Crippen LogP contribution in [-0.2, 0) is 4.79 Å². The Morgan fingerprint density at radius 1 is 1.50 bits per heavy atom. The van der Waals surface area contributed by atoms with E-state index in [2.05, 4.69) is 6.58 Å². The van der Waals surface area contributed by atoms with Gasteiger partial charge in [-0.1, -0.05) is 19.1 Å². The van der Waals surface area contributed by atoms with Crippen molar-refractivity contribution < 1.29 is 14.7 Å². The molecule has 1 saturated heterocycles. The maximum Gasteiger partial charge on any atom is 0.320 e. The highest BCUT2D eigenvalue weighted by Gasteiger charge is 2.38. The van der Waals surface area contributed by atoms with Gasteiger partial charge in [-0.05, 0) is 13.8 Å². The van der Waals surface area contributed by atoms with Gasteiger partial charge in [-0.25, -0.2) is 4.79 Å². The van der Waals surface area contributed by atoms with Gasteiger partial charge in [-0.2, -0.15) is 0 Å². The van der Waals surface area contributed by atoms with Gasteiger partial charge >= 0.3 is 12.0 Å². The molecule has 1 rings (SSSR count). The number of aliphatic carboxylic acids is 1. The van der Waals surface area contributed by atoms with Crippen molar-refractivity contribution in [2.45, 2.75) is 20.8 Å². The summed E-state index contributed by atoms with van der Waals surface area (Å²) in [6.45, 7) is 11.6. The molecule has 1 atom stereocenters. The fourth-order valence-electron chi connectivity index (χ4n) is 2.03. The summed E-state index contributed by atoms with van der Waals surface area (Å²) in [5.74, 6) is -1.10. The molecular weight excluding hydrogens is 232 g/mol. The minimum atomic E-state index is -0.790. The largest absolute Gasteiger partial charge is 0.481 e. The van der Waals surface area contributed by atoms with E-state index < -0.39 is 5.97 Å². The van der Waals surface area contributed by atoms with Gasteiger partial charge in [0.25, 0.3) is 0 Å². The second-order valence-electron chi connectivity index (χ2n) is 5.05. The van der Waals surface area contributed by atoms with E-state index in [9.17, 15) is 9.59 Å². The van der Waals surface area contributed by atoms with Crippen LogP contribution in [0.1, 0.15) is 20.8 Å². The summed E-state index contributed by atoms with van der Waals surface area (Å²) in [6, 6.07) is -0.0191. The standard InChI is InChI=1S/C13H22N2O3/c1-5-14(6-9(2)3)13(18)15-7-11(8-15)10(4)12(16)17/h10-11H,2,5-8H2,1,3-4H3,(H,16,17). The van der Waals surface area contributed by atoms with Crippen LogP contribution in [0.4, 0.5) is 4.79 Å². The summed E-state index contributed by atoms with van der Waals surface area (Å²) in [7, 11) is 0. The Morgan fingerprint density at radius 2 is 2.06 bits per heavy atom. The van der Waals surface area contributed by atoms with Crippen molar-refractivity contribution in [1.82, 2.24) is 9.80 Å². The zero-order valence-electron chi connectivity index (χ0n) is 11.3. The highest BCUT2D eigenvalue weighted by Crippen LogP contribution is 2.25. The molecule has 0 aromatic rings. The smallest absolute Gasteiger partial charge is 0.320 e. The molecule has 1 fully saturated rings. The second-order valence-corrected chi connectivity index (χ2v) is 5.05. The Hall–Kier alpha value is -1.52. The number of likely N-dealkylation sites (tertiary alicyclic amines) is 1. The Bertz CT molecular complexity index is 348. The van der Waals surface area contributed by atoms with Gasteiger partial charge in [-0.15, -0.1) is 0 Å². The highest BCUT2D eigenvalue weighted by atomic mass is 16.4. The summed E-state index contributed by atoms with van der Waals surface area (Å²) in [4.78, 5) is 26.3. The summed E-state index contributed by atoms with van der Waals surface area (Å²) in [5.41, 5.74) is 0.946. The van der Waals surface area contributed by atoms with Crippen LogP contribution >= 0.6 is 0 Å². The van der Waals surface area contributed by atoms with E-state index >= 15 is 0 Å². The molecule has 1 aliphatic rings. The Kier molecular flexibility index (Phi) is 4.76. The number of amides is 2. The molecule has 1 aliphatic heterocycles. The van der Waals surface area contributed by atoms with E-state index in [1.54, 1.807) is 16.7 Å². The van der Waals surface area contributed by atoms with Gasteiger partial charge in [0.15, 0.2) is 0 Å². The number of urea groups is 1. The van der Waals surface area contributed by atoms with E-state index in [1.165, 1.54) is 0 Å². The van der Waals surface area contributed by atoms with Gasteiger partial charge in [0, 0.05) is 32.1 Å². The van der Waals surface area contributed by atoms with E-state index in [-0.39, 0.29) is 17.9 Å². The van der Waals surface area contributed by atoms with Crippen molar-refractivity contribution in [1.29, 1.82) is 0 Å². The molecule has 2 amide bonds. The minimum absolute atomic E-state index is 0.0191. The van der Waals surface area contributed by atoms with Crippen LogP contribution in [0.15, 0.2) is 12.2 Å². The van der Waals surface area contributed by atoms with Crippen molar-refractivity contribution in [2.75, 3.05) is 26.2 Å². The molecule has 0 aromatic carbocycles. The van der Waals surface area contributed by atoms with Crippen LogP contribution in [0.25, 0.3) is 0 Å². The first-order valence-corrected chi connectivity index (χ1v) is 6.27. The lowest BCUT2D eigenvalue weighted by Gasteiger charge is -2.43. The van der Waals surface area contributed by atoms with Crippen LogP contribution in [0.3, 0.4) is 0 Å². The Labute approximate surface area is 108 Å². The van der Waals surface area contributed by atoms with Gasteiger partial charge in [-0.3, -0.25) is 4.79 Å². The maximum atomic E-state index is 12.1. The topological polar surface area (TPSA) is 60.9 Å². The van der Waals surface area contributed by atoms with Crippen LogP contribution in [-0.4, -0.2) is 53.1 Å².